The lowest BCUT2D eigenvalue weighted by atomic mass is 9.98. The summed E-state index contributed by atoms with van der Waals surface area (Å²) in [5.41, 5.74) is 5.68. The van der Waals surface area contributed by atoms with Crippen molar-refractivity contribution < 1.29 is 5.11 Å². The molecule has 1 aromatic heterocycles. The highest BCUT2D eigenvalue weighted by molar-refractivity contribution is 7.08. The van der Waals surface area contributed by atoms with E-state index in [-0.39, 0.29) is 0 Å². The molecule has 0 saturated carbocycles. The molecule has 1 N–H and O–H groups in total. The molecule has 2 aromatic carbocycles. The van der Waals surface area contributed by atoms with Gasteiger partial charge in [-0.1, -0.05) is 54.6 Å². The maximum Gasteiger partial charge on any atom is 0.105 e. The second-order valence-electron chi connectivity index (χ2n) is 5.32. The smallest absolute Gasteiger partial charge is 0.105 e. The zero-order chi connectivity index (χ0) is 14.7. The van der Waals surface area contributed by atoms with Gasteiger partial charge in [-0.25, -0.2) is 0 Å². The Bertz CT molecular complexity index is 698. The average Bonchev–Trinajstić information content (AvgIpc) is 2.94. The molecule has 21 heavy (non-hydrogen) atoms. The fourth-order valence-corrected chi connectivity index (χ4v) is 3.35. The van der Waals surface area contributed by atoms with Crippen LogP contribution in [0.25, 0.3) is 0 Å². The minimum Gasteiger partial charge on any atom is -0.384 e. The number of aliphatic hydroxyl groups is 1. The van der Waals surface area contributed by atoms with Gasteiger partial charge in [0.25, 0.3) is 0 Å². The molecular formula is C19H18OS. The first kappa shape index (κ1) is 14.1. The summed E-state index contributed by atoms with van der Waals surface area (Å²) in [6.45, 7) is 2.04. The van der Waals surface area contributed by atoms with E-state index in [0.29, 0.717) is 0 Å². The molecule has 0 aliphatic carbocycles. The van der Waals surface area contributed by atoms with Gasteiger partial charge in [-0.15, -0.1) is 0 Å². The normalized spacial score (nSPS) is 12.3. The Morgan fingerprint density at radius 1 is 0.905 bits per heavy atom. The maximum absolute atomic E-state index is 10.4. The predicted molar refractivity (Wildman–Crippen MR) is 88.8 cm³/mol. The van der Waals surface area contributed by atoms with Gasteiger partial charge >= 0.3 is 0 Å². The van der Waals surface area contributed by atoms with Crippen molar-refractivity contribution in [3.63, 3.8) is 0 Å². The minimum absolute atomic E-state index is 0.526. The summed E-state index contributed by atoms with van der Waals surface area (Å²) in [4.78, 5) is 0. The van der Waals surface area contributed by atoms with Crippen LogP contribution in [0.1, 0.15) is 33.9 Å². The first-order valence-electron chi connectivity index (χ1n) is 7.07. The van der Waals surface area contributed by atoms with Crippen molar-refractivity contribution >= 4 is 11.3 Å². The van der Waals surface area contributed by atoms with E-state index >= 15 is 0 Å². The van der Waals surface area contributed by atoms with Gasteiger partial charge in [-0.2, -0.15) is 11.3 Å². The Kier molecular flexibility index (Phi) is 4.18. The van der Waals surface area contributed by atoms with E-state index in [0.717, 1.165) is 23.1 Å². The van der Waals surface area contributed by atoms with Crippen LogP contribution in [0.3, 0.4) is 0 Å². The topological polar surface area (TPSA) is 20.2 Å². The standard InChI is InChI=1S/C19H18OS/c1-14-12-21-13-18(14)19(20)17-9-7-16(8-10-17)11-15-5-3-2-4-6-15/h2-10,12-13,19-20H,11H2,1H3. The van der Waals surface area contributed by atoms with Crippen molar-refractivity contribution in [2.45, 2.75) is 19.4 Å². The van der Waals surface area contributed by atoms with Crippen LogP contribution < -0.4 is 0 Å². The number of rotatable bonds is 4. The van der Waals surface area contributed by atoms with E-state index in [1.54, 1.807) is 11.3 Å². The molecule has 3 rings (SSSR count). The van der Waals surface area contributed by atoms with Crippen molar-refractivity contribution in [1.82, 2.24) is 0 Å². The molecule has 1 atom stereocenters. The Morgan fingerprint density at radius 3 is 2.19 bits per heavy atom. The number of benzene rings is 2. The molecule has 2 heteroatoms. The quantitative estimate of drug-likeness (QED) is 0.737. The SMILES string of the molecule is Cc1cscc1C(O)c1ccc(Cc2ccccc2)cc1. The second kappa shape index (κ2) is 6.25. The van der Waals surface area contributed by atoms with E-state index < -0.39 is 6.10 Å². The molecule has 0 bridgehead atoms. The summed E-state index contributed by atoms with van der Waals surface area (Å²) in [6.07, 6.45) is 0.399. The second-order valence-corrected chi connectivity index (χ2v) is 6.06. The summed E-state index contributed by atoms with van der Waals surface area (Å²) < 4.78 is 0. The van der Waals surface area contributed by atoms with E-state index in [9.17, 15) is 5.11 Å². The van der Waals surface area contributed by atoms with Crippen LogP contribution in [0.15, 0.2) is 65.4 Å². The molecule has 1 heterocycles. The van der Waals surface area contributed by atoms with Crippen molar-refractivity contribution in [1.29, 1.82) is 0 Å². The van der Waals surface area contributed by atoms with E-state index in [1.807, 2.05) is 30.5 Å². The van der Waals surface area contributed by atoms with Gasteiger partial charge in [0.1, 0.15) is 6.10 Å². The molecule has 106 valence electrons. The highest BCUT2D eigenvalue weighted by Gasteiger charge is 2.13. The van der Waals surface area contributed by atoms with Crippen LogP contribution in [0.5, 0.6) is 0 Å². The van der Waals surface area contributed by atoms with Gasteiger partial charge in [0.15, 0.2) is 0 Å². The highest BCUT2D eigenvalue weighted by atomic mass is 32.1. The fourth-order valence-electron chi connectivity index (χ4n) is 2.48. The predicted octanol–water partition coefficient (Wildman–Crippen LogP) is 4.73. The van der Waals surface area contributed by atoms with Gasteiger partial charge in [0, 0.05) is 0 Å². The summed E-state index contributed by atoms with van der Waals surface area (Å²) in [6, 6.07) is 18.7. The van der Waals surface area contributed by atoms with Crippen molar-refractivity contribution in [3.05, 3.63) is 93.2 Å². The molecule has 3 aromatic rings. The van der Waals surface area contributed by atoms with Crippen LogP contribution in [0.4, 0.5) is 0 Å². The van der Waals surface area contributed by atoms with Gasteiger partial charge < -0.3 is 5.11 Å². The number of hydrogen-bond acceptors (Lipinski definition) is 2. The molecule has 0 amide bonds. The molecule has 0 aliphatic rings. The molecule has 0 spiro atoms. The van der Waals surface area contributed by atoms with E-state index in [1.165, 1.54) is 11.1 Å². The monoisotopic (exact) mass is 294 g/mol. The van der Waals surface area contributed by atoms with Gasteiger partial charge in [-0.3, -0.25) is 0 Å². The first-order chi connectivity index (χ1) is 10.2. The zero-order valence-corrected chi connectivity index (χ0v) is 12.8. The largest absolute Gasteiger partial charge is 0.384 e. The Morgan fingerprint density at radius 2 is 1.57 bits per heavy atom. The molecule has 0 aliphatic heterocycles. The third kappa shape index (κ3) is 3.23. The minimum atomic E-state index is -0.526. The number of aliphatic hydroxyl groups excluding tert-OH is 1. The van der Waals surface area contributed by atoms with Crippen LogP contribution in [0.2, 0.25) is 0 Å². The highest BCUT2D eigenvalue weighted by Crippen LogP contribution is 2.27. The van der Waals surface area contributed by atoms with Crippen LogP contribution in [0, 0.1) is 6.92 Å². The molecular weight excluding hydrogens is 276 g/mol. The van der Waals surface area contributed by atoms with Crippen LogP contribution in [-0.4, -0.2) is 5.11 Å². The van der Waals surface area contributed by atoms with Crippen molar-refractivity contribution in [3.8, 4) is 0 Å². The maximum atomic E-state index is 10.4. The third-order valence-electron chi connectivity index (χ3n) is 3.74. The summed E-state index contributed by atoms with van der Waals surface area (Å²) >= 11 is 1.63. The van der Waals surface area contributed by atoms with Crippen molar-refractivity contribution in [2.24, 2.45) is 0 Å². The summed E-state index contributed by atoms with van der Waals surface area (Å²) in [5, 5.41) is 14.5. The Balaban J connectivity index is 1.77. The third-order valence-corrected chi connectivity index (χ3v) is 4.62. The number of aryl methyl sites for hydroxylation is 1. The molecule has 1 nitrogen and oxygen atoms in total. The lowest BCUT2D eigenvalue weighted by Crippen LogP contribution is -2.00. The lowest BCUT2D eigenvalue weighted by molar-refractivity contribution is 0.220. The first-order valence-corrected chi connectivity index (χ1v) is 8.02. The Hall–Kier alpha value is -1.90. The fraction of sp³-hybridized carbons (Fsp3) is 0.158. The van der Waals surface area contributed by atoms with Crippen LogP contribution >= 0.6 is 11.3 Å². The van der Waals surface area contributed by atoms with E-state index in [2.05, 4.69) is 41.8 Å². The number of thiophene rings is 1. The average molecular weight is 294 g/mol. The Labute approximate surface area is 129 Å². The van der Waals surface area contributed by atoms with Gasteiger partial charge in [-0.05, 0) is 51.9 Å². The molecule has 0 fully saturated rings. The lowest BCUT2D eigenvalue weighted by Gasteiger charge is -2.12. The molecule has 0 saturated heterocycles. The van der Waals surface area contributed by atoms with Gasteiger partial charge in [0.05, 0.1) is 0 Å². The summed E-state index contributed by atoms with van der Waals surface area (Å²) in [5.74, 6) is 0. The van der Waals surface area contributed by atoms with Crippen molar-refractivity contribution in [2.75, 3.05) is 0 Å². The number of hydrogen-bond donors (Lipinski definition) is 1. The van der Waals surface area contributed by atoms with E-state index in [4.69, 9.17) is 0 Å². The molecule has 0 radical (unpaired) electrons. The van der Waals surface area contributed by atoms with Gasteiger partial charge in [0.2, 0.25) is 0 Å². The zero-order valence-electron chi connectivity index (χ0n) is 12.0. The van der Waals surface area contributed by atoms with Crippen LogP contribution in [-0.2, 0) is 6.42 Å². The molecule has 1 unspecified atom stereocenters. The summed E-state index contributed by atoms with van der Waals surface area (Å²) in [7, 11) is 0.